The summed E-state index contributed by atoms with van der Waals surface area (Å²) in [6, 6.07) is 0. The number of rotatable bonds is 5. The van der Waals surface area contributed by atoms with Gasteiger partial charge in [-0.05, 0) is 26.3 Å². The first-order valence-corrected chi connectivity index (χ1v) is 7.81. The summed E-state index contributed by atoms with van der Waals surface area (Å²) in [4.78, 5) is 6.76. The number of nitrogens with zero attached hydrogens (tertiary/aromatic N) is 7. The van der Waals surface area contributed by atoms with E-state index in [4.69, 9.17) is 0 Å². The van der Waals surface area contributed by atoms with E-state index in [0.717, 1.165) is 50.7 Å². The number of aliphatic hydroxyl groups excluding tert-OH is 1. The van der Waals surface area contributed by atoms with Crippen molar-refractivity contribution < 1.29 is 5.11 Å². The summed E-state index contributed by atoms with van der Waals surface area (Å²) >= 11 is 0. The molecular weight excluding hydrogens is 282 g/mol. The predicted molar refractivity (Wildman–Crippen MR) is 79.9 cm³/mol. The molecule has 0 aliphatic carbocycles. The van der Waals surface area contributed by atoms with Gasteiger partial charge in [0.15, 0.2) is 5.82 Å². The second kappa shape index (κ2) is 6.53. The van der Waals surface area contributed by atoms with Crippen molar-refractivity contribution in [3.8, 4) is 0 Å². The smallest absolute Gasteiger partial charge is 0.158 e. The van der Waals surface area contributed by atoms with E-state index < -0.39 is 0 Å². The third-order valence-electron chi connectivity index (χ3n) is 4.37. The summed E-state index contributed by atoms with van der Waals surface area (Å²) < 4.78 is 3.86. The lowest BCUT2D eigenvalue weighted by Crippen LogP contribution is -2.35. The average Bonchev–Trinajstić information content (AvgIpc) is 3.13. The molecule has 0 radical (unpaired) electrons. The molecular formula is C14H23N7O. The molecule has 0 bridgehead atoms. The standard InChI is InChI=1S/C14H23N7O/c1-3-21-12(15-10-16-21)8-20-6-4-5-11(7-20)14-18-17-13(9-22)19(14)2/h10-11,22H,3-9H2,1-2H3. The van der Waals surface area contributed by atoms with Crippen molar-refractivity contribution in [1.82, 2.24) is 34.4 Å². The molecule has 8 nitrogen and oxygen atoms in total. The van der Waals surface area contributed by atoms with Crippen LogP contribution in [0.3, 0.4) is 0 Å². The Labute approximate surface area is 129 Å². The maximum Gasteiger partial charge on any atom is 0.158 e. The molecule has 8 heteroatoms. The maximum absolute atomic E-state index is 9.26. The van der Waals surface area contributed by atoms with Gasteiger partial charge in [-0.25, -0.2) is 9.67 Å². The highest BCUT2D eigenvalue weighted by Crippen LogP contribution is 2.26. The summed E-state index contributed by atoms with van der Waals surface area (Å²) in [5.74, 6) is 2.95. The van der Waals surface area contributed by atoms with Crippen LogP contribution in [0.4, 0.5) is 0 Å². The fraction of sp³-hybridized carbons (Fsp3) is 0.714. The third kappa shape index (κ3) is 2.89. The highest BCUT2D eigenvalue weighted by atomic mass is 16.3. The highest BCUT2D eigenvalue weighted by molar-refractivity contribution is 5.03. The van der Waals surface area contributed by atoms with Gasteiger partial charge in [0, 0.05) is 26.1 Å². The summed E-state index contributed by atoms with van der Waals surface area (Å²) in [5.41, 5.74) is 0. The van der Waals surface area contributed by atoms with Gasteiger partial charge in [-0.1, -0.05) is 0 Å². The van der Waals surface area contributed by atoms with E-state index in [1.165, 1.54) is 0 Å². The van der Waals surface area contributed by atoms with E-state index in [1.807, 2.05) is 16.3 Å². The Morgan fingerprint density at radius 1 is 1.32 bits per heavy atom. The van der Waals surface area contributed by atoms with Crippen LogP contribution < -0.4 is 0 Å². The quantitative estimate of drug-likeness (QED) is 0.855. The minimum atomic E-state index is -0.0699. The fourth-order valence-corrected chi connectivity index (χ4v) is 3.15. The molecule has 2 aromatic rings. The minimum Gasteiger partial charge on any atom is -0.388 e. The Hall–Kier alpha value is -1.80. The predicted octanol–water partition coefficient (Wildman–Crippen LogP) is 0.298. The molecule has 1 saturated heterocycles. The van der Waals surface area contributed by atoms with Gasteiger partial charge in [-0.15, -0.1) is 10.2 Å². The molecule has 22 heavy (non-hydrogen) atoms. The number of piperidine rings is 1. The Bertz CT molecular complexity index is 620. The van der Waals surface area contributed by atoms with Crippen LogP contribution in [0.25, 0.3) is 0 Å². The van der Waals surface area contributed by atoms with E-state index in [1.54, 1.807) is 6.33 Å². The largest absolute Gasteiger partial charge is 0.388 e. The molecule has 1 unspecified atom stereocenters. The normalized spacial score (nSPS) is 19.7. The fourth-order valence-electron chi connectivity index (χ4n) is 3.15. The van der Waals surface area contributed by atoms with Gasteiger partial charge in [0.05, 0.1) is 6.54 Å². The van der Waals surface area contributed by atoms with Crippen molar-refractivity contribution in [2.24, 2.45) is 7.05 Å². The van der Waals surface area contributed by atoms with Crippen LogP contribution >= 0.6 is 0 Å². The number of hydrogen-bond acceptors (Lipinski definition) is 6. The van der Waals surface area contributed by atoms with Gasteiger partial charge in [0.2, 0.25) is 0 Å². The zero-order chi connectivity index (χ0) is 15.5. The topological polar surface area (TPSA) is 84.9 Å². The number of hydrogen-bond donors (Lipinski definition) is 1. The number of likely N-dealkylation sites (tertiary alicyclic amines) is 1. The Morgan fingerprint density at radius 2 is 2.18 bits per heavy atom. The lowest BCUT2D eigenvalue weighted by molar-refractivity contribution is 0.187. The van der Waals surface area contributed by atoms with Crippen molar-refractivity contribution in [3.63, 3.8) is 0 Å². The molecule has 2 aromatic heterocycles. The molecule has 1 N–H and O–H groups in total. The van der Waals surface area contributed by atoms with Crippen molar-refractivity contribution in [2.45, 2.75) is 45.4 Å². The van der Waals surface area contributed by atoms with Crippen LogP contribution in [-0.4, -0.2) is 52.6 Å². The monoisotopic (exact) mass is 305 g/mol. The second-order valence-electron chi connectivity index (χ2n) is 5.76. The van der Waals surface area contributed by atoms with Crippen LogP contribution in [0.5, 0.6) is 0 Å². The lowest BCUT2D eigenvalue weighted by Gasteiger charge is -2.31. The molecule has 1 fully saturated rings. The zero-order valence-electron chi connectivity index (χ0n) is 13.2. The van der Waals surface area contributed by atoms with Crippen molar-refractivity contribution in [1.29, 1.82) is 0 Å². The highest BCUT2D eigenvalue weighted by Gasteiger charge is 2.26. The first kappa shape index (κ1) is 15.1. The van der Waals surface area contributed by atoms with Gasteiger partial charge in [-0.2, -0.15) is 5.10 Å². The first-order chi connectivity index (χ1) is 10.7. The Morgan fingerprint density at radius 3 is 2.91 bits per heavy atom. The van der Waals surface area contributed by atoms with E-state index >= 15 is 0 Å². The Balaban J connectivity index is 1.70. The van der Waals surface area contributed by atoms with Crippen LogP contribution in [0.15, 0.2) is 6.33 Å². The van der Waals surface area contributed by atoms with E-state index in [2.05, 4.69) is 32.1 Å². The van der Waals surface area contributed by atoms with E-state index in [0.29, 0.717) is 11.7 Å². The number of aryl methyl sites for hydroxylation is 1. The maximum atomic E-state index is 9.26. The Kier molecular flexibility index (Phi) is 4.49. The number of aliphatic hydroxyl groups is 1. The van der Waals surface area contributed by atoms with Crippen LogP contribution in [0.2, 0.25) is 0 Å². The molecule has 0 aromatic carbocycles. The summed E-state index contributed by atoms with van der Waals surface area (Å²) in [6.07, 6.45) is 3.86. The molecule has 0 amide bonds. The van der Waals surface area contributed by atoms with E-state index in [-0.39, 0.29) is 6.61 Å². The first-order valence-electron chi connectivity index (χ1n) is 7.81. The molecule has 1 aliphatic heterocycles. The molecule has 1 aliphatic rings. The zero-order valence-corrected chi connectivity index (χ0v) is 13.2. The molecule has 3 heterocycles. The lowest BCUT2D eigenvalue weighted by atomic mass is 9.97. The SMILES string of the molecule is CCn1ncnc1CN1CCCC(c2nnc(CO)n2C)C1. The molecule has 1 atom stereocenters. The summed E-state index contributed by atoms with van der Waals surface area (Å²) in [6.45, 7) is 5.67. The third-order valence-corrected chi connectivity index (χ3v) is 4.37. The van der Waals surface area contributed by atoms with Gasteiger partial charge >= 0.3 is 0 Å². The van der Waals surface area contributed by atoms with Gasteiger partial charge in [-0.3, -0.25) is 4.90 Å². The summed E-state index contributed by atoms with van der Waals surface area (Å²) in [5, 5.41) is 21.8. The van der Waals surface area contributed by atoms with Gasteiger partial charge in [0.1, 0.15) is 24.6 Å². The van der Waals surface area contributed by atoms with Crippen LogP contribution in [0.1, 0.15) is 43.2 Å². The molecule has 3 rings (SSSR count). The van der Waals surface area contributed by atoms with Crippen molar-refractivity contribution in [3.05, 3.63) is 23.8 Å². The molecule has 0 spiro atoms. The number of aromatic nitrogens is 6. The molecule has 0 saturated carbocycles. The van der Waals surface area contributed by atoms with Crippen LogP contribution in [-0.2, 0) is 26.7 Å². The average molecular weight is 305 g/mol. The molecule has 120 valence electrons. The van der Waals surface area contributed by atoms with Crippen LogP contribution in [0, 0.1) is 0 Å². The van der Waals surface area contributed by atoms with Crippen molar-refractivity contribution >= 4 is 0 Å². The second-order valence-corrected chi connectivity index (χ2v) is 5.76. The summed E-state index contributed by atoms with van der Waals surface area (Å²) in [7, 11) is 1.92. The minimum absolute atomic E-state index is 0.0699. The van der Waals surface area contributed by atoms with Gasteiger partial charge in [0.25, 0.3) is 0 Å². The van der Waals surface area contributed by atoms with Crippen molar-refractivity contribution in [2.75, 3.05) is 13.1 Å². The van der Waals surface area contributed by atoms with E-state index in [9.17, 15) is 5.11 Å². The van der Waals surface area contributed by atoms with Gasteiger partial charge < -0.3 is 9.67 Å².